The monoisotopic (exact) mass is 265 g/mol. The fraction of sp³-hybridized carbons (Fsp3) is 0.615. The maximum Gasteiger partial charge on any atom is 0.326 e. The Morgan fingerprint density at radius 1 is 1.47 bits per heavy atom. The number of carbonyl (C=O) groups is 2. The molecule has 1 aromatic rings. The number of carboxylic acids is 1. The number of aromatic nitrogens is 2. The van der Waals surface area contributed by atoms with Crippen molar-refractivity contribution in [3.63, 3.8) is 0 Å². The van der Waals surface area contributed by atoms with Crippen LogP contribution in [0, 0.1) is 12.8 Å². The Balaban J connectivity index is 2.13. The number of carboxylic acid groups (broad SMARTS) is 1. The molecule has 1 aromatic heterocycles. The van der Waals surface area contributed by atoms with Crippen molar-refractivity contribution in [1.29, 1.82) is 0 Å². The predicted octanol–water partition coefficient (Wildman–Crippen LogP) is 1.37. The average molecular weight is 265 g/mol. The van der Waals surface area contributed by atoms with E-state index in [0.717, 1.165) is 18.5 Å². The van der Waals surface area contributed by atoms with Crippen molar-refractivity contribution >= 4 is 11.9 Å². The van der Waals surface area contributed by atoms with Gasteiger partial charge in [0.05, 0.1) is 11.8 Å². The molecule has 1 heterocycles. The van der Waals surface area contributed by atoms with Gasteiger partial charge in [0, 0.05) is 11.7 Å². The molecule has 0 aromatic carbocycles. The van der Waals surface area contributed by atoms with Crippen molar-refractivity contribution in [1.82, 2.24) is 15.1 Å². The minimum Gasteiger partial charge on any atom is -0.480 e. The van der Waals surface area contributed by atoms with Crippen LogP contribution in [0.4, 0.5) is 0 Å². The van der Waals surface area contributed by atoms with E-state index in [-0.39, 0.29) is 17.9 Å². The topological polar surface area (TPSA) is 84.2 Å². The minimum atomic E-state index is -0.968. The lowest BCUT2D eigenvalue weighted by Crippen LogP contribution is -2.42. The van der Waals surface area contributed by atoms with Crippen LogP contribution in [0.5, 0.6) is 0 Å². The zero-order valence-electron chi connectivity index (χ0n) is 11.4. The van der Waals surface area contributed by atoms with Gasteiger partial charge in [0.2, 0.25) is 0 Å². The summed E-state index contributed by atoms with van der Waals surface area (Å²) in [5.74, 6) is -1.25. The van der Waals surface area contributed by atoms with Gasteiger partial charge in [-0.15, -0.1) is 0 Å². The van der Waals surface area contributed by atoms with Gasteiger partial charge in [0.25, 0.3) is 5.91 Å². The van der Waals surface area contributed by atoms with Gasteiger partial charge in [-0.05, 0) is 39.5 Å². The smallest absolute Gasteiger partial charge is 0.326 e. The lowest BCUT2D eigenvalue weighted by molar-refractivity contribution is -0.139. The highest BCUT2D eigenvalue weighted by Crippen LogP contribution is 2.33. The van der Waals surface area contributed by atoms with Gasteiger partial charge < -0.3 is 10.4 Å². The van der Waals surface area contributed by atoms with Crippen LogP contribution < -0.4 is 5.32 Å². The lowest BCUT2D eigenvalue weighted by atomic mass is 10.1. The summed E-state index contributed by atoms with van der Waals surface area (Å²) in [5, 5.41) is 15.9. The highest BCUT2D eigenvalue weighted by Gasteiger charge is 2.37. The Morgan fingerprint density at radius 3 is 2.53 bits per heavy atom. The first-order valence-corrected chi connectivity index (χ1v) is 6.49. The van der Waals surface area contributed by atoms with E-state index < -0.39 is 12.0 Å². The molecular formula is C13H19N3O3. The number of aliphatic carboxylic acids is 1. The highest BCUT2D eigenvalue weighted by molar-refractivity contribution is 5.97. The molecule has 1 aliphatic carbocycles. The largest absolute Gasteiger partial charge is 0.480 e. The lowest BCUT2D eigenvalue weighted by Gasteiger charge is -2.13. The quantitative estimate of drug-likeness (QED) is 0.842. The summed E-state index contributed by atoms with van der Waals surface area (Å²) < 4.78 is 1.75. The molecule has 0 saturated heterocycles. The number of amides is 1. The fourth-order valence-corrected chi connectivity index (χ4v) is 2.20. The van der Waals surface area contributed by atoms with Crippen LogP contribution in [0.2, 0.25) is 0 Å². The van der Waals surface area contributed by atoms with E-state index in [2.05, 4.69) is 10.4 Å². The van der Waals surface area contributed by atoms with Gasteiger partial charge in [-0.25, -0.2) is 4.79 Å². The molecule has 0 bridgehead atoms. The molecule has 1 atom stereocenters. The van der Waals surface area contributed by atoms with E-state index >= 15 is 0 Å². The Kier molecular flexibility index (Phi) is 3.59. The van der Waals surface area contributed by atoms with E-state index in [0.29, 0.717) is 5.56 Å². The van der Waals surface area contributed by atoms with Crippen LogP contribution in [0.15, 0.2) is 6.20 Å². The van der Waals surface area contributed by atoms with Gasteiger partial charge in [-0.2, -0.15) is 5.10 Å². The summed E-state index contributed by atoms with van der Waals surface area (Å²) in [6.45, 7) is 5.77. The van der Waals surface area contributed by atoms with Crippen molar-refractivity contribution in [3.05, 3.63) is 17.5 Å². The van der Waals surface area contributed by atoms with Crippen LogP contribution in [0.3, 0.4) is 0 Å². The molecular weight excluding hydrogens is 246 g/mol. The number of carbonyl (C=O) groups excluding carboxylic acids is 1. The first-order chi connectivity index (χ1) is 8.91. The SMILES string of the molecule is Cc1c(C(=O)NC(C(=O)O)C2CC2)cnn1C(C)C. The van der Waals surface area contributed by atoms with Crippen molar-refractivity contribution in [2.75, 3.05) is 0 Å². The molecule has 6 nitrogen and oxygen atoms in total. The third-order valence-electron chi connectivity index (χ3n) is 3.42. The molecule has 2 rings (SSSR count). The molecule has 1 saturated carbocycles. The number of nitrogens with zero attached hydrogens (tertiary/aromatic N) is 2. The van der Waals surface area contributed by atoms with Crippen molar-refractivity contribution in [2.24, 2.45) is 5.92 Å². The number of hydrogen-bond acceptors (Lipinski definition) is 3. The van der Waals surface area contributed by atoms with E-state index in [9.17, 15) is 9.59 Å². The van der Waals surface area contributed by atoms with Gasteiger partial charge in [-0.3, -0.25) is 9.48 Å². The van der Waals surface area contributed by atoms with Crippen LogP contribution in [-0.2, 0) is 4.79 Å². The van der Waals surface area contributed by atoms with E-state index in [1.807, 2.05) is 20.8 Å². The van der Waals surface area contributed by atoms with Gasteiger partial charge in [0.1, 0.15) is 6.04 Å². The molecule has 19 heavy (non-hydrogen) atoms. The second-order valence-electron chi connectivity index (χ2n) is 5.31. The summed E-state index contributed by atoms with van der Waals surface area (Å²) >= 11 is 0. The number of hydrogen-bond donors (Lipinski definition) is 2. The molecule has 104 valence electrons. The fourth-order valence-electron chi connectivity index (χ4n) is 2.20. The molecule has 0 spiro atoms. The van der Waals surface area contributed by atoms with E-state index in [4.69, 9.17) is 5.11 Å². The molecule has 1 aliphatic rings. The Bertz CT molecular complexity index is 503. The van der Waals surface area contributed by atoms with Crippen LogP contribution in [0.1, 0.15) is 48.8 Å². The second-order valence-corrected chi connectivity index (χ2v) is 5.31. The van der Waals surface area contributed by atoms with Crippen LogP contribution in [-0.4, -0.2) is 32.8 Å². The first kappa shape index (κ1) is 13.6. The Hall–Kier alpha value is -1.85. The van der Waals surface area contributed by atoms with Crippen molar-refractivity contribution in [2.45, 2.75) is 45.7 Å². The third-order valence-corrected chi connectivity index (χ3v) is 3.42. The normalized spacial score (nSPS) is 16.4. The molecule has 1 unspecified atom stereocenters. The maximum atomic E-state index is 12.1. The molecule has 1 fully saturated rings. The summed E-state index contributed by atoms with van der Waals surface area (Å²) in [5.41, 5.74) is 1.20. The summed E-state index contributed by atoms with van der Waals surface area (Å²) in [4.78, 5) is 23.2. The van der Waals surface area contributed by atoms with Gasteiger partial charge >= 0.3 is 5.97 Å². The standard InChI is InChI=1S/C13H19N3O3/c1-7(2)16-8(3)10(6-14-16)12(17)15-11(13(18)19)9-4-5-9/h6-7,9,11H,4-5H2,1-3H3,(H,15,17)(H,18,19). The van der Waals surface area contributed by atoms with Crippen LogP contribution >= 0.6 is 0 Å². The first-order valence-electron chi connectivity index (χ1n) is 6.49. The predicted molar refractivity (Wildman–Crippen MR) is 69.0 cm³/mol. The molecule has 0 radical (unpaired) electrons. The molecule has 2 N–H and O–H groups in total. The summed E-state index contributed by atoms with van der Waals surface area (Å²) in [7, 11) is 0. The summed E-state index contributed by atoms with van der Waals surface area (Å²) in [6.07, 6.45) is 3.22. The van der Waals surface area contributed by atoms with Crippen molar-refractivity contribution in [3.8, 4) is 0 Å². The Labute approximate surface area is 111 Å². The highest BCUT2D eigenvalue weighted by atomic mass is 16.4. The van der Waals surface area contributed by atoms with Crippen LogP contribution in [0.25, 0.3) is 0 Å². The van der Waals surface area contributed by atoms with Crippen molar-refractivity contribution < 1.29 is 14.7 Å². The molecule has 6 heteroatoms. The zero-order chi connectivity index (χ0) is 14.2. The Morgan fingerprint density at radius 2 is 2.11 bits per heavy atom. The molecule has 0 aliphatic heterocycles. The maximum absolute atomic E-state index is 12.1. The number of nitrogens with one attached hydrogen (secondary N) is 1. The van der Waals surface area contributed by atoms with Gasteiger partial charge in [-0.1, -0.05) is 0 Å². The summed E-state index contributed by atoms with van der Waals surface area (Å²) in [6, 6.07) is -0.616. The minimum absolute atomic E-state index is 0.0712. The van der Waals surface area contributed by atoms with Gasteiger partial charge in [0.15, 0.2) is 0 Å². The van der Waals surface area contributed by atoms with E-state index in [1.54, 1.807) is 4.68 Å². The number of rotatable bonds is 5. The average Bonchev–Trinajstić information content (AvgIpc) is 3.07. The van der Waals surface area contributed by atoms with E-state index in [1.165, 1.54) is 6.20 Å². The molecule has 1 amide bonds. The zero-order valence-corrected chi connectivity index (χ0v) is 11.4. The third kappa shape index (κ3) is 2.77. The second kappa shape index (κ2) is 5.03.